The van der Waals surface area contributed by atoms with Crippen LogP contribution in [0.3, 0.4) is 0 Å². The minimum Gasteiger partial charge on any atom is -0.480 e. The number of hydrogen-bond donors (Lipinski definition) is 1. The molecule has 2 aromatic heterocycles. The Morgan fingerprint density at radius 1 is 1.65 bits per heavy atom. The van der Waals surface area contributed by atoms with Crippen LogP contribution in [-0.4, -0.2) is 32.1 Å². The van der Waals surface area contributed by atoms with E-state index in [-0.39, 0.29) is 5.56 Å². The van der Waals surface area contributed by atoms with Crippen LogP contribution in [-0.2, 0) is 4.74 Å². The molecule has 0 spiro atoms. The van der Waals surface area contributed by atoms with Crippen LogP contribution in [0.25, 0.3) is 11.2 Å². The van der Waals surface area contributed by atoms with Crippen molar-refractivity contribution in [2.24, 2.45) is 5.10 Å². The molecule has 7 heteroatoms. The molecule has 0 radical (unpaired) electrons. The van der Waals surface area contributed by atoms with E-state index in [4.69, 9.17) is 4.74 Å². The third-order valence-corrected chi connectivity index (χ3v) is 2.19. The quantitative estimate of drug-likeness (QED) is 0.611. The van der Waals surface area contributed by atoms with Gasteiger partial charge in [0.15, 0.2) is 11.2 Å². The molecule has 0 aliphatic carbocycles. The van der Waals surface area contributed by atoms with Gasteiger partial charge in [-0.1, -0.05) is 0 Å². The van der Waals surface area contributed by atoms with Crippen LogP contribution in [0.2, 0.25) is 0 Å². The van der Waals surface area contributed by atoms with Crippen LogP contribution in [0.1, 0.15) is 19.7 Å². The summed E-state index contributed by atoms with van der Waals surface area (Å²) in [5.41, 5.74) is 0.445. The van der Waals surface area contributed by atoms with Crippen molar-refractivity contribution < 1.29 is 4.74 Å². The van der Waals surface area contributed by atoms with Crippen molar-refractivity contribution in [2.45, 2.75) is 20.8 Å². The molecular formula is C10H13N5O2. The number of rotatable bonds is 2. The molecule has 0 aliphatic rings. The first kappa shape index (κ1) is 11.3. The zero-order valence-corrected chi connectivity index (χ0v) is 9.89. The van der Waals surface area contributed by atoms with Crippen LogP contribution < -0.4 is 5.56 Å². The van der Waals surface area contributed by atoms with Crippen LogP contribution in [0.4, 0.5) is 0 Å². The van der Waals surface area contributed by atoms with Gasteiger partial charge in [0.2, 0.25) is 5.90 Å². The van der Waals surface area contributed by atoms with Crippen LogP contribution in [0.5, 0.6) is 0 Å². The van der Waals surface area contributed by atoms with E-state index in [2.05, 4.69) is 20.1 Å². The van der Waals surface area contributed by atoms with E-state index in [0.717, 1.165) is 0 Å². The summed E-state index contributed by atoms with van der Waals surface area (Å²) in [6, 6.07) is 0. The molecular weight excluding hydrogens is 222 g/mol. The number of hydrogen-bond acceptors (Lipinski definition) is 5. The van der Waals surface area contributed by atoms with Gasteiger partial charge in [-0.3, -0.25) is 4.79 Å². The molecule has 2 rings (SSSR count). The molecule has 90 valence electrons. The predicted octanol–water partition coefficient (Wildman–Crippen LogP) is 0.646. The second-order valence-corrected chi connectivity index (χ2v) is 3.43. The van der Waals surface area contributed by atoms with Crippen LogP contribution >= 0.6 is 0 Å². The Kier molecular flexibility index (Phi) is 2.90. The minimum absolute atomic E-state index is 0.288. The molecule has 0 bridgehead atoms. The average Bonchev–Trinajstić information content (AvgIpc) is 2.72. The standard InChI is InChI=1S/C10H13N5O2/c1-4-17-7(3)14-15-6(2)13-9-8(10(15)16)11-5-12-9/h5H,4H2,1-3H3,(H,11,12)/b14-7+. The number of ether oxygens (including phenoxy) is 1. The Labute approximate surface area is 97.2 Å². The number of nitrogens with one attached hydrogen (secondary N) is 1. The number of nitrogens with zero attached hydrogens (tertiary/aromatic N) is 4. The fourth-order valence-electron chi connectivity index (χ4n) is 1.48. The first-order valence-corrected chi connectivity index (χ1v) is 5.24. The normalized spacial score (nSPS) is 12.1. The summed E-state index contributed by atoms with van der Waals surface area (Å²) in [4.78, 5) is 22.9. The van der Waals surface area contributed by atoms with E-state index in [9.17, 15) is 4.79 Å². The van der Waals surface area contributed by atoms with Crippen molar-refractivity contribution in [1.29, 1.82) is 0 Å². The topological polar surface area (TPSA) is 85.2 Å². The van der Waals surface area contributed by atoms with Gasteiger partial charge in [0, 0.05) is 6.92 Å². The summed E-state index contributed by atoms with van der Waals surface area (Å²) >= 11 is 0. The summed E-state index contributed by atoms with van der Waals surface area (Å²) in [6.07, 6.45) is 1.43. The van der Waals surface area contributed by atoms with Crippen LogP contribution in [0.15, 0.2) is 16.2 Å². The molecule has 0 unspecified atom stereocenters. The lowest BCUT2D eigenvalue weighted by molar-refractivity contribution is 0.320. The highest BCUT2D eigenvalue weighted by molar-refractivity contribution is 5.73. The minimum atomic E-state index is -0.288. The molecule has 0 saturated carbocycles. The number of H-pyrrole nitrogens is 1. The Balaban J connectivity index is 2.61. The van der Waals surface area contributed by atoms with E-state index in [0.29, 0.717) is 29.5 Å². The Hall–Kier alpha value is -2.18. The molecule has 2 aromatic rings. The average molecular weight is 235 g/mol. The molecule has 0 saturated heterocycles. The van der Waals surface area contributed by atoms with Gasteiger partial charge >= 0.3 is 0 Å². The van der Waals surface area contributed by atoms with Crippen molar-refractivity contribution in [3.05, 3.63) is 22.5 Å². The number of aryl methyl sites for hydroxylation is 1. The van der Waals surface area contributed by atoms with Crippen molar-refractivity contribution >= 4 is 17.1 Å². The van der Waals surface area contributed by atoms with Gasteiger partial charge in [-0.25, -0.2) is 9.97 Å². The summed E-state index contributed by atoms with van der Waals surface area (Å²) in [6.45, 7) is 5.73. The van der Waals surface area contributed by atoms with Crippen LogP contribution in [0, 0.1) is 6.92 Å². The smallest absolute Gasteiger partial charge is 0.300 e. The van der Waals surface area contributed by atoms with E-state index in [1.807, 2.05) is 6.92 Å². The third-order valence-electron chi connectivity index (χ3n) is 2.19. The second kappa shape index (κ2) is 4.36. The molecule has 0 atom stereocenters. The maximum Gasteiger partial charge on any atom is 0.300 e. The van der Waals surface area contributed by atoms with Gasteiger partial charge in [0.1, 0.15) is 5.82 Å². The fraction of sp³-hybridized carbons (Fsp3) is 0.400. The highest BCUT2D eigenvalue weighted by atomic mass is 16.5. The maximum atomic E-state index is 12.0. The van der Waals surface area contributed by atoms with Gasteiger partial charge in [-0.05, 0) is 13.8 Å². The molecule has 0 aromatic carbocycles. The third kappa shape index (κ3) is 2.03. The largest absolute Gasteiger partial charge is 0.480 e. The van der Waals surface area contributed by atoms with E-state index >= 15 is 0 Å². The Bertz CT molecular complexity index is 625. The van der Waals surface area contributed by atoms with Gasteiger partial charge < -0.3 is 9.72 Å². The summed E-state index contributed by atoms with van der Waals surface area (Å²) in [5, 5.41) is 4.07. The lowest BCUT2D eigenvalue weighted by atomic mass is 10.5. The monoisotopic (exact) mass is 235 g/mol. The summed E-state index contributed by atoms with van der Waals surface area (Å²) < 4.78 is 6.39. The fourth-order valence-corrected chi connectivity index (χ4v) is 1.48. The highest BCUT2D eigenvalue weighted by Crippen LogP contribution is 2.01. The zero-order chi connectivity index (χ0) is 12.4. The molecule has 0 aliphatic heterocycles. The Morgan fingerprint density at radius 3 is 3.12 bits per heavy atom. The molecule has 7 nitrogen and oxygen atoms in total. The van der Waals surface area contributed by atoms with E-state index < -0.39 is 0 Å². The van der Waals surface area contributed by atoms with E-state index in [1.165, 1.54) is 11.0 Å². The van der Waals surface area contributed by atoms with Gasteiger partial charge in [-0.15, -0.1) is 5.10 Å². The summed E-state index contributed by atoms with van der Waals surface area (Å²) in [7, 11) is 0. The van der Waals surface area contributed by atoms with Crippen molar-refractivity contribution in [2.75, 3.05) is 6.61 Å². The number of aromatic amines is 1. The first-order chi connectivity index (χ1) is 8.13. The summed E-state index contributed by atoms with van der Waals surface area (Å²) in [5.74, 6) is 0.881. The SMILES string of the molecule is CCO/C(C)=N/n1c(C)nc2nc[nH]c2c1=O. The molecule has 17 heavy (non-hydrogen) atoms. The highest BCUT2D eigenvalue weighted by Gasteiger charge is 2.09. The first-order valence-electron chi connectivity index (χ1n) is 5.24. The number of aromatic nitrogens is 4. The Morgan fingerprint density at radius 2 is 2.41 bits per heavy atom. The predicted molar refractivity (Wildman–Crippen MR) is 63.0 cm³/mol. The molecule has 0 amide bonds. The van der Waals surface area contributed by atoms with Gasteiger partial charge in [0.05, 0.1) is 12.9 Å². The van der Waals surface area contributed by atoms with Gasteiger partial charge in [-0.2, -0.15) is 4.68 Å². The lowest BCUT2D eigenvalue weighted by Crippen LogP contribution is -2.22. The second-order valence-electron chi connectivity index (χ2n) is 3.43. The molecule has 1 N–H and O–H groups in total. The molecule has 2 heterocycles. The van der Waals surface area contributed by atoms with E-state index in [1.54, 1.807) is 13.8 Å². The zero-order valence-electron chi connectivity index (χ0n) is 9.89. The van der Waals surface area contributed by atoms with Crippen molar-refractivity contribution in [1.82, 2.24) is 19.6 Å². The lowest BCUT2D eigenvalue weighted by Gasteiger charge is -2.05. The number of imidazole rings is 1. The molecule has 0 fully saturated rings. The van der Waals surface area contributed by atoms with Crippen molar-refractivity contribution in [3.8, 4) is 0 Å². The number of fused-ring (bicyclic) bond motifs is 1. The van der Waals surface area contributed by atoms with Gasteiger partial charge in [0.25, 0.3) is 5.56 Å². The maximum absolute atomic E-state index is 12.0. The van der Waals surface area contributed by atoms with Crippen molar-refractivity contribution in [3.63, 3.8) is 0 Å².